The Morgan fingerprint density at radius 1 is 1.17 bits per heavy atom. The smallest absolute Gasteiger partial charge is 0.357 e. The Morgan fingerprint density at radius 3 is 2.52 bits per heavy atom. The lowest BCUT2D eigenvalue weighted by Crippen LogP contribution is -2.11. The number of hydrogen-bond donors (Lipinski definition) is 0. The van der Waals surface area contributed by atoms with Crippen LogP contribution in [0.4, 0.5) is 0 Å². The molecule has 0 unspecified atom stereocenters. The number of esters is 1. The Kier molecular flexibility index (Phi) is 5.63. The van der Waals surface area contributed by atoms with Crippen molar-refractivity contribution >= 4 is 29.2 Å². The first kappa shape index (κ1) is 17.3. The second-order valence-electron chi connectivity index (χ2n) is 4.52. The molecular formula is C15H14Cl2N2O4. The van der Waals surface area contributed by atoms with Gasteiger partial charge in [-0.15, -0.1) is 0 Å². The molecular weight excluding hydrogens is 343 g/mol. The number of rotatable bonds is 5. The normalized spacial score (nSPS) is 10.3. The van der Waals surface area contributed by atoms with Gasteiger partial charge in [-0.05, 0) is 24.6 Å². The van der Waals surface area contributed by atoms with Crippen molar-refractivity contribution in [3.05, 3.63) is 45.1 Å². The molecule has 0 saturated heterocycles. The van der Waals surface area contributed by atoms with Crippen molar-refractivity contribution in [1.29, 1.82) is 0 Å². The molecule has 0 spiro atoms. The van der Waals surface area contributed by atoms with E-state index in [0.717, 1.165) is 5.56 Å². The summed E-state index contributed by atoms with van der Waals surface area (Å²) >= 11 is 11.8. The summed E-state index contributed by atoms with van der Waals surface area (Å²) in [6.45, 7) is 1.86. The number of carbonyl (C=O) groups excluding carboxylic acids is 1. The van der Waals surface area contributed by atoms with Crippen molar-refractivity contribution in [3.8, 4) is 11.9 Å². The number of nitrogens with zero attached hydrogens (tertiary/aromatic N) is 2. The van der Waals surface area contributed by atoms with Crippen molar-refractivity contribution in [1.82, 2.24) is 9.97 Å². The second-order valence-corrected chi connectivity index (χ2v) is 5.33. The zero-order valence-corrected chi connectivity index (χ0v) is 14.2. The first-order valence-electron chi connectivity index (χ1n) is 6.54. The fraction of sp³-hybridized carbons (Fsp3) is 0.267. The van der Waals surface area contributed by atoms with E-state index in [2.05, 4.69) is 9.97 Å². The third-order valence-electron chi connectivity index (χ3n) is 3.00. The molecule has 0 N–H and O–H groups in total. The molecule has 0 aliphatic heterocycles. The highest BCUT2D eigenvalue weighted by Gasteiger charge is 2.19. The van der Waals surface area contributed by atoms with Crippen LogP contribution >= 0.6 is 23.2 Å². The number of methoxy groups -OCH3 is 2. The van der Waals surface area contributed by atoms with Crippen LogP contribution in [-0.2, 0) is 11.3 Å². The van der Waals surface area contributed by atoms with Crippen LogP contribution in [-0.4, -0.2) is 30.2 Å². The molecule has 0 aliphatic rings. The molecule has 122 valence electrons. The summed E-state index contributed by atoms with van der Waals surface area (Å²) in [7, 11) is 2.67. The maximum atomic E-state index is 11.8. The highest BCUT2D eigenvalue weighted by molar-refractivity contribution is 6.42. The molecule has 6 nitrogen and oxygen atoms in total. The van der Waals surface area contributed by atoms with E-state index < -0.39 is 5.97 Å². The van der Waals surface area contributed by atoms with Gasteiger partial charge in [-0.1, -0.05) is 29.3 Å². The number of hydrogen-bond acceptors (Lipinski definition) is 6. The molecule has 0 fully saturated rings. The highest BCUT2D eigenvalue weighted by Crippen LogP contribution is 2.25. The van der Waals surface area contributed by atoms with Gasteiger partial charge in [-0.25, -0.2) is 4.79 Å². The summed E-state index contributed by atoms with van der Waals surface area (Å²) in [6, 6.07) is 5.16. The van der Waals surface area contributed by atoms with E-state index in [1.54, 1.807) is 25.1 Å². The van der Waals surface area contributed by atoms with Gasteiger partial charge in [-0.2, -0.15) is 9.97 Å². The average Bonchev–Trinajstić information content (AvgIpc) is 2.56. The van der Waals surface area contributed by atoms with Gasteiger partial charge in [0.1, 0.15) is 6.61 Å². The lowest BCUT2D eigenvalue weighted by molar-refractivity contribution is 0.0590. The molecule has 0 radical (unpaired) electrons. The van der Waals surface area contributed by atoms with Crippen molar-refractivity contribution in [2.75, 3.05) is 14.2 Å². The summed E-state index contributed by atoms with van der Waals surface area (Å²) < 4.78 is 15.3. The zero-order valence-electron chi connectivity index (χ0n) is 12.7. The van der Waals surface area contributed by atoms with E-state index >= 15 is 0 Å². The lowest BCUT2D eigenvalue weighted by Gasteiger charge is -2.12. The molecule has 2 rings (SSSR count). The molecule has 0 saturated carbocycles. The maximum Gasteiger partial charge on any atom is 0.357 e. The minimum atomic E-state index is -0.595. The largest absolute Gasteiger partial charge is 0.472 e. The number of ether oxygens (including phenoxy) is 3. The van der Waals surface area contributed by atoms with Gasteiger partial charge < -0.3 is 14.2 Å². The fourth-order valence-corrected chi connectivity index (χ4v) is 2.11. The Bertz CT molecular complexity index is 738. The van der Waals surface area contributed by atoms with Crippen LogP contribution in [0.5, 0.6) is 11.9 Å². The number of halogens is 2. The molecule has 2 aromatic rings. The summed E-state index contributed by atoms with van der Waals surface area (Å²) in [6.07, 6.45) is 0. The topological polar surface area (TPSA) is 70.5 Å². The summed E-state index contributed by atoms with van der Waals surface area (Å²) in [5.74, 6) is -0.370. The molecule has 0 aliphatic carbocycles. The van der Waals surface area contributed by atoms with Crippen molar-refractivity contribution in [3.63, 3.8) is 0 Å². The zero-order chi connectivity index (χ0) is 17.0. The van der Waals surface area contributed by atoms with Crippen LogP contribution in [0.2, 0.25) is 10.0 Å². The first-order chi connectivity index (χ1) is 11.0. The Hall–Kier alpha value is -2.05. The Labute approximate surface area is 143 Å². The van der Waals surface area contributed by atoms with Gasteiger partial charge in [0.25, 0.3) is 0 Å². The summed E-state index contributed by atoms with van der Waals surface area (Å²) in [5, 5.41) is 0.892. The van der Waals surface area contributed by atoms with E-state index in [9.17, 15) is 4.79 Å². The molecule has 1 heterocycles. The van der Waals surface area contributed by atoms with E-state index in [-0.39, 0.29) is 24.2 Å². The Morgan fingerprint density at radius 2 is 1.91 bits per heavy atom. The van der Waals surface area contributed by atoms with Crippen molar-refractivity contribution in [2.45, 2.75) is 13.5 Å². The predicted octanol–water partition coefficient (Wildman–Crippen LogP) is 3.47. The van der Waals surface area contributed by atoms with Gasteiger partial charge in [0.15, 0.2) is 5.69 Å². The molecule has 0 amide bonds. The van der Waals surface area contributed by atoms with Crippen LogP contribution in [0, 0.1) is 6.92 Å². The van der Waals surface area contributed by atoms with Crippen molar-refractivity contribution in [2.24, 2.45) is 0 Å². The third kappa shape index (κ3) is 4.03. The van der Waals surface area contributed by atoms with Gasteiger partial charge in [0, 0.05) is 5.56 Å². The fourth-order valence-electron chi connectivity index (χ4n) is 1.78. The molecule has 1 aromatic heterocycles. The molecule has 0 atom stereocenters. The second kappa shape index (κ2) is 7.48. The van der Waals surface area contributed by atoms with E-state index in [1.807, 2.05) is 0 Å². The first-order valence-corrected chi connectivity index (χ1v) is 7.29. The van der Waals surface area contributed by atoms with Crippen LogP contribution in [0.1, 0.15) is 21.6 Å². The number of carbonyl (C=O) groups is 1. The molecule has 8 heteroatoms. The summed E-state index contributed by atoms with van der Waals surface area (Å²) in [5.41, 5.74) is 1.34. The van der Waals surface area contributed by atoms with Crippen LogP contribution < -0.4 is 9.47 Å². The predicted molar refractivity (Wildman–Crippen MR) is 85.5 cm³/mol. The van der Waals surface area contributed by atoms with Crippen LogP contribution in [0.3, 0.4) is 0 Å². The lowest BCUT2D eigenvalue weighted by atomic mass is 10.2. The average molecular weight is 357 g/mol. The third-order valence-corrected chi connectivity index (χ3v) is 3.74. The van der Waals surface area contributed by atoms with Crippen LogP contribution in [0.25, 0.3) is 0 Å². The quantitative estimate of drug-likeness (QED) is 0.764. The maximum absolute atomic E-state index is 11.8. The van der Waals surface area contributed by atoms with Gasteiger partial charge in [0.05, 0.1) is 24.3 Å². The minimum Gasteiger partial charge on any atom is -0.472 e. The van der Waals surface area contributed by atoms with Gasteiger partial charge in [0.2, 0.25) is 5.88 Å². The molecule has 23 heavy (non-hydrogen) atoms. The Balaban J connectivity index is 2.27. The standard InChI is InChI=1S/C15H14Cl2N2O4/c1-8-12(14(20)21-2)18-15(22-3)19-13(8)23-7-9-4-5-10(16)11(17)6-9/h4-6H,7H2,1-3H3. The highest BCUT2D eigenvalue weighted by atomic mass is 35.5. The van der Waals surface area contributed by atoms with Gasteiger partial charge in [-0.3, -0.25) is 0 Å². The monoisotopic (exact) mass is 356 g/mol. The van der Waals surface area contributed by atoms with Gasteiger partial charge >= 0.3 is 12.0 Å². The SMILES string of the molecule is COC(=O)c1nc(OC)nc(OCc2ccc(Cl)c(Cl)c2)c1C. The van der Waals surface area contributed by atoms with E-state index in [0.29, 0.717) is 15.6 Å². The molecule has 1 aromatic carbocycles. The van der Waals surface area contributed by atoms with E-state index in [1.165, 1.54) is 14.2 Å². The minimum absolute atomic E-state index is 0.0140. The summed E-state index contributed by atoms with van der Waals surface area (Å²) in [4.78, 5) is 19.8. The number of aromatic nitrogens is 2. The van der Waals surface area contributed by atoms with Crippen molar-refractivity contribution < 1.29 is 19.0 Å². The van der Waals surface area contributed by atoms with Crippen LogP contribution in [0.15, 0.2) is 18.2 Å². The molecule has 0 bridgehead atoms. The number of benzene rings is 1. The van der Waals surface area contributed by atoms with E-state index in [4.69, 9.17) is 37.4 Å².